The summed E-state index contributed by atoms with van der Waals surface area (Å²) in [5.74, 6) is 0.124. The van der Waals surface area contributed by atoms with E-state index in [2.05, 4.69) is 5.32 Å². The molecule has 4 nitrogen and oxygen atoms in total. The molecule has 0 saturated heterocycles. The van der Waals surface area contributed by atoms with Gasteiger partial charge in [0.25, 0.3) is 0 Å². The monoisotopic (exact) mass is 295 g/mol. The van der Waals surface area contributed by atoms with Crippen molar-refractivity contribution in [3.8, 4) is 0 Å². The van der Waals surface area contributed by atoms with Gasteiger partial charge in [-0.1, -0.05) is 54.6 Å². The third-order valence-corrected chi connectivity index (χ3v) is 3.67. The maximum absolute atomic E-state index is 11.9. The highest BCUT2D eigenvalue weighted by molar-refractivity contribution is 5.75. The lowest BCUT2D eigenvalue weighted by Crippen LogP contribution is -2.26. The highest BCUT2D eigenvalue weighted by atomic mass is 16.5. The van der Waals surface area contributed by atoms with E-state index >= 15 is 0 Å². The number of amides is 1. The Morgan fingerprint density at radius 1 is 1.05 bits per heavy atom. The predicted molar refractivity (Wildman–Crippen MR) is 84.1 cm³/mol. The van der Waals surface area contributed by atoms with E-state index < -0.39 is 6.09 Å². The molecule has 0 radical (unpaired) electrons. The lowest BCUT2D eigenvalue weighted by molar-refractivity contribution is 0.142. The van der Waals surface area contributed by atoms with Crippen molar-refractivity contribution in [1.82, 2.24) is 5.32 Å². The Bertz CT molecular complexity index is 707. The summed E-state index contributed by atoms with van der Waals surface area (Å²) in [6.07, 6.45) is 0.822. The van der Waals surface area contributed by atoms with Crippen LogP contribution in [0.5, 0.6) is 0 Å². The first-order valence-corrected chi connectivity index (χ1v) is 7.22. The molecule has 0 unspecified atom stereocenters. The van der Waals surface area contributed by atoms with E-state index in [1.165, 1.54) is 0 Å². The number of hydrogen-bond acceptors (Lipinski definition) is 3. The number of nitrogens with one attached hydrogen (secondary N) is 1. The van der Waals surface area contributed by atoms with Crippen LogP contribution in [0, 0.1) is 0 Å². The van der Waals surface area contributed by atoms with Gasteiger partial charge in [-0.3, -0.25) is 5.32 Å². The number of carbonyl (C=O) groups is 1. The molecular formula is C18H17NO3. The molecule has 1 amide bonds. The molecule has 2 aromatic carbocycles. The highest BCUT2D eigenvalue weighted by Crippen LogP contribution is 2.27. The summed E-state index contributed by atoms with van der Waals surface area (Å²) in [4.78, 5) is 11.9. The van der Waals surface area contributed by atoms with Gasteiger partial charge in [-0.25, -0.2) is 4.79 Å². The number of aliphatic hydroxyl groups excluding tert-OH is 1. The Morgan fingerprint density at radius 3 is 2.59 bits per heavy atom. The Hall–Kier alpha value is -2.75. The smallest absolute Gasteiger partial charge is 0.411 e. The fraction of sp³-hybridized carbons (Fsp3) is 0.167. The topological polar surface area (TPSA) is 58.6 Å². The van der Waals surface area contributed by atoms with Crippen LogP contribution in [-0.2, 0) is 17.8 Å². The molecule has 1 aliphatic rings. The minimum atomic E-state index is -0.551. The van der Waals surface area contributed by atoms with Crippen LogP contribution in [0.1, 0.15) is 23.1 Å². The molecule has 0 bridgehead atoms. The minimum absolute atomic E-state index is 0.124. The maximum atomic E-state index is 11.9. The predicted octanol–water partition coefficient (Wildman–Crippen LogP) is 3.79. The fourth-order valence-corrected chi connectivity index (χ4v) is 2.51. The van der Waals surface area contributed by atoms with E-state index in [0.717, 1.165) is 23.1 Å². The Labute approximate surface area is 129 Å². The van der Waals surface area contributed by atoms with Crippen molar-refractivity contribution in [2.75, 3.05) is 0 Å². The number of aliphatic hydroxyl groups is 1. The SMILES string of the molecule is O=C(NC1=C(O)c2ccccc2CC1)OCc1ccccc1. The van der Waals surface area contributed by atoms with Gasteiger partial charge in [0.05, 0.1) is 5.70 Å². The molecule has 112 valence electrons. The van der Waals surface area contributed by atoms with E-state index in [1.54, 1.807) is 0 Å². The Kier molecular flexibility index (Phi) is 4.10. The number of allylic oxidation sites excluding steroid dienone is 1. The highest BCUT2D eigenvalue weighted by Gasteiger charge is 2.19. The van der Waals surface area contributed by atoms with Gasteiger partial charge < -0.3 is 9.84 Å². The summed E-state index contributed by atoms with van der Waals surface area (Å²) in [6.45, 7) is 0.206. The molecule has 2 aromatic rings. The van der Waals surface area contributed by atoms with Gasteiger partial charge in [-0.05, 0) is 24.0 Å². The normalized spacial score (nSPS) is 13.5. The van der Waals surface area contributed by atoms with Crippen LogP contribution in [0.25, 0.3) is 5.76 Å². The van der Waals surface area contributed by atoms with Crippen molar-refractivity contribution < 1.29 is 14.6 Å². The molecule has 2 N–H and O–H groups in total. The zero-order chi connectivity index (χ0) is 15.4. The van der Waals surface area contributed by atoms with Gasteiger partial charge in [-0.2, -0.15) is 0 Å². The van der Waals surface area contributed by atoms with Crippen molar-refractivity contribution in [2.24, 2.45) is 0 Å². The molecule has 0 aromatic heterocycles. The summed E-state index contributed by atoms with van der Waals surface area (Å²) in [5, 5.41) is 12.9. The first kappa shape index (κ1) is 14.2. The summed E-state index contributed by atoms with van der Waals surface area (Å²) < 4.78 is 5.17. The third-order valence-electron chi connectivity index (χ3n) is 3.67. The second kappa shape index (κ2) is 6.35. The van der Waals surface area contributed by atoms with Crippen LogP contribution in [0.2, 0.25) is 0 Å². The molecule has 1 aliphatic carbocycles. The van der Waals surface area contributed by atoms with Gasteiger partial charge in [0, 0.05) is 5.56 Å². The third kappa shape index (κ3) is 3.11. The van der Waals surface area contributed by atoms with Gasteiger partial charge in [-0.15, -0.1) is 0 Å². The number of fused-ring (bicyclic) bond motifs is 1. The van der Waals surface area contributed by atoms with E-state index in [-0.39, 0.29) is 12.4 Å². The standard InChI is InChI=1S/C18H17NO3/c20-17-15-9-5-4-8-14(15)10-11-16(17)19-18(21)22-12-13-6-2-1-3-7-13/h1-9,20H,10-12H2,(H,19,21). The number of alkyl carbamates (subject to hydrolysis) is 1. The van der Waals surface area contributed by atoms with E-state index in [0.29, 0.717) is 12.1 Å². The number of aryl methyl sites for hydroxylation is 1. The lowest BCUT2D eigenvalue weighted by Gasteiger charge is -2.20. The van der Waals surface area contributed by atoms with Crippen LogP contribution in [0.15, 0.2) is 60.3 Å². The van der Waals surface area contributed by atoms with Crippen molar-refractivity contribution in [3.63, 3.8) is 0 Å². The average Bonchev–Trinajstić information content (AvgIpc) is 2.57. The molecule has 0 atom stereocenters. The van der Waals surface area contributed by atoms with Crippen LogP contribution >= 0.6 is 0 Å². The quantitative estimate of drug-likeness (QED) is 0.905. The molecule has 22 heavy (non-hydrogen) atoms. The first-order chi connectivity index (χ1) is 10.7. The van der Waals surface area contributed by atoms with Gasteiger partial charge in [0.15, 0.2) is 0 Å². The number of carbonyl (C=O) groups excluding carboxylic acids is 1. The number of benzene rings is 2. The van der Waals surface area contributed by atoms with Crippen LogP contribution < -0.4 is 5.32 Å². The molecule has 0 aliphatic heterocycles. The fourth-order valence-electron chi connectivity index (χ4n) is 2.51. The second-order valence-corrected chi connectivity index (χ2v) is 5.17. The summed E-state index contributed by atoms with van der Waals surface area (Å²) in [5.41, 5.74) is 3.29. The van der Waals surface area contributed by atoms with Gasteiger partial charge in [0.1, 0.15) is 12.4 Å². The van der Waals surface area contributed by atoms with Crippen molar-refractivity contribution in [3.05, 3.63) is 77.0 Å². The zero-order valence-corrected chi connectivity index (χ0v) is 12.1. The molecule has 3 rings (SSSR count). The average molecular weight is 295 g/mol. The van der Waals surface area contributed by atoms with Crippen molar-refractivity contribution in [2.45, 2.75) is 19.4 Å². The van der Waals surface area contributed by atoms with Gasteiger partial charge >= 0.3 is 6.09 Å². The zero-order valence-electron chi connectivity index (χ0n) is 12.1. The second-order valence-electron chi connectivity index (χ2n) is 5.17. The Morgan fingerprint density at radius 2 is 1.77 bits per heavy atom. The number of rotatable bonds is 3. The van der Waals surface area contributed by atoms with Crippen LogP contribution in [0.4, 0.5) is 4.79 Å². The van der Waals surface area contributed by atoms with E-state index in [4.69, 9.17) is 4.74 Å². The first-order valence-electron chi connectivity index (χ1n) is 7.22. The maximum Gasteiger partial charge on any atom is 0.411 e. The summed E-state index contributed by atoms with van der Waals surface area (Å²) >= 11 is 0. The molecule has 4 heteroatoms. The van der Waals surface area contributed by atoms with E-state index in [9.17, 15) is 9.90 Å². The lowest BCUT2D eigenvalue weighted by atomic mass is 9.94. The largest absolute Gasteiger partial charge is 0.505 e. The van der Waals surface area contributed by atoms with Crippen LogP contribution in [0.3, 0.4) is 0 Å². The molecular weight excluding hydrogens is 278 g/mol. The number of hydrogen-bond donors (Lipinski definition) is 2. The molecule has 0 saturated carbocycles. The summed E-state index contributed by atoms with van der Waals surface area (Å²) in [6, 6.07) is 17.1. The van der Waals surface area contributed by atoms with E-state index in [1.807, 2.05) is 54.6 Å². The van der Waals surface area contributed by atoms with Crippen LogP contribution in [-0.4, -0.2) is 11.2 Å². The van der Waals surface area contributed by atoms with Gasteiger partial charge in [0.2, 0.25) is 0 Å². The molecule has 0 heterocycles. The molecule has 0 spiro atoms. The van der Waals surface area contributed by atoms with Crippen molar-refractivity contribution in [1.29, 1.82) is 0 Å². The summed E-state index contributed by atoms with van der Waals surface area (Å²) in [7, 11) is 0. The minimum Gasteiger partial charge on any atom is -0.505 e. The Balaban J connectivity index is 1.64. The molecule has 0 fully saturated rings. The number of ether oxygens (including phenoxy) is 1. The van der Waals surface area contributed by atoms with Crippen molar-refractivity contribution >= 4 is 11.9 Å².